The van der Waals surface area contributed by atoms with Gasteiger partial charge in [-0.1, -0.05) is 23.8 Å². The number of amides is 3. The average molecular weight is 368 g/mol. The molecule has 1 heterocycles. The second kappa shape index (κ2) is 7.70. The van der Waals surface area contributed by atoms with Gasteiger partial charge in [0.05, 0.1) is 11.1 Å². The maximum Gasteiger partial charge on any atom is 0.261 e. The Labute approximate surface area is 157 Å². The van der Waals surface area contributed by atoms with E-state index in [9.17, 15) is 18.8 Å². The van der Waals surface area contributed by atoms with Crippen LogP contribution in [0.2, 0.25) is 0 Å². The van der Waals surface area contributed by atoms with Gasteiger partial charge in [-0.25, -0.2) is 4.39 Å². The summed E-state index contributed by atoms with van der Waals surface area (Å²) in [5, 5.41) is 0. The SMILES string of the molecule is Cc1ccc2c(c1)C(=O)N(CCCC(=O)N(C)Cc1ccc(F)cc1)C2=O. The lowest BCUT2D eigenvalue weighted by molar-refractivity contribution is -0.130. The van der Waals surface area contributed by atoms with E-state index in [4.69, 9.17) is 0 Å². The molecule has 27 heavy (non-hydrogen) atoms. The minimum absolute atomic E-state index is 0.0909. The highest BCUT2D eigenvalue weighted by atomic mass is 19.1. The number of rotatable bonds is 6. The lowest BCUT2D eigenvalue weighted by Gasteiger charge is -2.18. The van der Waals surface area contributed by atoms with E-state index in [1.54, 1.807) is 42.3 Å². The Hall–Kier alpha value is -3.02. The molecule has 0 N–H and O–H groups in total. The van der Waals surface area contributed by atoms with Crippen molar-refractivity contribution < 1.29 is 18.8 Å². The lowest BCUT2D eigenvalue weighted by atomic mass is 10.1. The number of hydrogen-bond acceptors (Lipinski definition) is 3. The van der Waals surface area contributed by atoms with Crippen molar-refractivity contribution in [3.05, 3.63) is 70.5 Å². The second-order valence-corrected chi connectivity index (χ2v) is 6.79. The van der Waals surface area contributed by atoms with Crippen molar-refractivity contribution in [2.24, 2.45) is 0 Å². The molecule has 0 unspecified atom stereocenters. The summed E-state index contributed by atoms with van der Waals surface area (Å²) in [6.45, 7) is 2.46. The normalized spacial score (nSPS) is 13.1. The molecule has 0 saturated carbocycles. The number of carbonyl (C=O) groups is 3. The Morgan fingerprint density at radius 2 is 1.70 bits per heavy atom. The van der Waals surface area contributed by atoms with Gasteiger partial charge < -0.3 is 4.90 Å². The van der Waals surface area contributed by atoms with Crippen molar-refractivity contribution >= 4 is 17.7 Å². The fourth-order valence-corrected chi connectivity index (χ4v) is 3.14. The van der Waals surface area contributed by atoms with E-state index in [1.807, 2.05) is 6.92 Å². The Morgan fingerprint density at radius 3 is 2.41 bits per heavy atom. The Morgan fingerprint density at radius 1 is 1.04 bits per heavy atom. The molecule has 0 radical (unpaired) electrons. The molecule has 0 saturated heterocycles. The van der Waals surface area contributed by atoms with Crippen LogP contribution in [-0.4, -0.2) is 41.1 Å². The van der Waals surface area contributed by atoms with Gasteiger partial charge in [-0.2, -0.15) is 0 Å². The Balaban J connectivity index is 1.52. The van der Waals surface area contributed by atoms with E-state index >= 15 is 0 Å². The van der Waals surface area contributed by atoms with Gasteiger partial charge in [-0.15, -0.1) is 0 Å². The van der Waals surface area contributed by atoms with Crippen molar-refractivity contribution in [2.75, 3.05) is 13.6 Å². The largest absolute Gasteiger partial charge is 0.341 e. The summed E-state index contributed by atoms with van der Waals surface area (Å²) < 4.78 is 12.9. The van der Waals surface area contributed by atoms with E-state index in [1.165, 1.54) is 17.0 Å². The topological polar surface area (TPSA) is 57.7 Å². The van der Waals surface area contributed by atoms with Crippen LogP contribution >= 0.6 is 0 Å². The maximum atomic E-state index is 12.9. The first-order valence-corrected chi connectivity index (χ1v) is 8.82. The highest BCUT2D eigenvalue weighted by molar-refractivity contribution is 6.21. The molecule has 0 spiro atoms. The third kappa shape index (κ3) is 4.05. The average Bonchev–Trinajstić information content (AvgIpc) is 2.87. The minimum Gasteiger partial charge on any atom is -0.341 e. The van der Waals surface area contributed by atoms with Crippen LogP contribution in [0.15, 0.2) is 42.5 Å². The summed E-state index contributed by atoms with van der Waals surface area (Å²) in [7, 11) is 1.68. The van der Waals surface area contributed by atoms with Gasteiger partial charge in [0.15, 0.2) is 0 Å². The second-order valence-electron chi connectivity index (χ2n) is 6.79. The van der Waals surface area contributed by atoms with Gasteiger partial charge in [0.25, 0.3) is 11.8 Å². The van der Waals surface area contributed by atoms with Crippen LogP contribution in [0.4, 0.5) is 4.39 Å². The summed E-state index contributed by atoms with van der Waals surface area (Å²) in [4.78, 5) is 39.8. The Kier molecular flexibility index (Phi) is 5.35. The number of imide groups is 1. The molecule has 3 amide bonds. The number of aryl methyl sites for hydroxylation is 1. The molecule has 1 aliphatic rings. The number of benzene rings is 2. The van der Waals surface area contributed by atoms with Crippen LogP contribution < -0.4 is 0 Å². The molecule has 5 nitrogen and oxygen atoms in total. The number of fused-ring (bicyclic) bond motifs is 1. The van der Waals surface area contributed by atoms with Gasteiger partial charge in [0.2, 0.25) is 5.91 Å². The van der Waals surface area contributed by atoms with E-state index in [2.05, 4.69) is 0 Å². The van der Waals surface area contributed by atoms with Crippen molar-refractivity contribution in [3.63, 3.8) is 0 Å². The summed E-state index contributed by atoms with van der Waals surface area (Å²) in [5.74, 6) is -1.01. The predicted octanol–water partition coefficient (Wildman–Crippen LogP) is 3.17. The molecule has 140 valence electrons. The van der Waals surface area contributed by atoms with Crippen molar-refractivity contribution in [3.8, 4) is 0 Å². The van der Waals surface area contributed by atoms with Crippen molar-refractivity contribution in [2.45, 2.75) is 26.3 Å². The first-order chi connectivity index (χ1) is 12.9. The van der Waals surface area contributed by atoms with E-state index < -0.39 is 0 Å². The summed E-state index contributed by atoms with van der Waals surface area (Å²) in [6, 6.07) is 11.2. The fourth-order valence-electron chi connectivity index (χ4n) is 3.14. The molecule has 0 aliphatic carbocycles. The molecular formula is C21H21FN2O3. The molecule has 3 rings (SSSR count). The van der Waals surface area contributed by atoms with Gasteiger partial charge in [0, 0.05) is 26.6 Å². The predicted molar refractivity (Wildman–Crippen MR) is 98.7 cm³/mol. The highest BCUT2D eigenvalue weighted by Crippen LogP contribution is 2.24. The van der Waals surface area contributed by atoms with Crippen LogP contribution in [0.1, 0.15) is 44.7 Å². The van der Waals surface area contributed by atoms with Crippen LogP contribution in [0.25, 0.3) is 0 Å². The van der Waals surface area contributed by atoms with Gasteiger partial charge in [-0.3, -0.25) is 19.3 Å². The van der Waals surface area contributed by atoms with Crippen molar-refractivity contribution in [1.29, 1.82) is 0 Å². The third-order valence-corrected chi connectivity index (χ3v) is 4.66. The molecule has 0 atom stereocenters. The molecular weight excluding hydrogens is 347 g/mol. The quantitative estimate of drug-likeness (QED) is 0.736. The van der Waals surface area contributed by atoms with Gasteiger partial charge in [0.1, 0.15) is 5.82 Å². The van der Waals surface area contributed by atoms with Crippen molar-refractivity contribution in [1.82, 2.24) is 9.80 Å². The molecule has 1 aliphatic heterocycles. The van der Waals surface area contributed by atoms with E-state index in [0.29, 0.717) is 24.1 Å². The number of halogens is 1. The number of carbonyl (C=O) groups excluding carboxylic acids is 3. The molecule has 2 aromatic rings. The van der Waals surface area contributed by atoms with Crippen LogP contribution in [0.3, 0.4) is 0 Å². The molecule has 6 heteroatoms. The van der Waals surface area contributed by atoms with Crippen LogP contribution in [0, 0.1) is 12.7 Å². The van der Waals surface area contributed by atoms with Crippen LogP contribution in [-0.2, 0) is 11.3 Å². The first-order valence-electron chi connectivity index (χ1n) is 8.82. The third-order valence-electron chi connectivity index (χ3n) is 4.66. The number of hydrogen-bond donors (Lipinski definition) is 0. The van der Waals surface area contributed by atoms with Gasteiger partial charge in [-0.05, 0) is 43.2 Å². The molecule has 0 aromatic heterocycles. The lowest BCUT2D eigenvalue weighted by Crippen LogP contribution is -2.32. The standard InChI is InChI=1S/C21H21FN2O3/c1-14-5-10-17-18(12-14)21(27)24(20(17)26)11-3-4-19(25)23(2)13-15-6-8-16(22)9-7-15/h5-10,12H,3-4,11,13H2,1-2H3. The number of nitrogens with zero attached hydrogens (tertiary/aromatic N) is 2. The zero-order valence-electron chi connectivity index (χ0n) is 15.4. The highest BCUT2D eigenvalue weighted by Gasteiger charge is 2.35. The van der Waals surface area contributed by atoms with Crippen LogP contribution in [0.5, 0.6) is 0 Å². The summed E-state index contributed by atoms with van der Waals surface area (Å²) >= 11 is 0. The van der Waals surface area contributed by atoms with Gasteiger partial charge >= 0.3 is 0 Å². The zero-order chi connectivity index (χ0) is 19.6. The first kappa shape index (κ1) is 18.8. The maximum absolute atomic E-state index is 12.9. The summed E-state index contributed by atoms with van der Waals surface area (Å²) in [5.41, 5.74) is 2.61. The molecule has 0 bridgehead atoms. The van der Waals surface area contributed by atoms with E-state index in [0.717, 1.165) is 11.1 Å². The zero-order valence-corrected chi connectivity index (χ0v) is 15.4. The monoisotopic (exact) mass is 368 g/mol. The van der Waals surface area contributed by atoms with E-state index in [-0.39, 0.29) is 36.5 Å². The minimum atomic E-state index is -0.316. The smallest absolute Gasteiger partial charge is 0.261 e. The Bertz CT molecular complexity index is 893. The summed E-state index contributed by atoms with van der Waals surface area (Å²) in [6.07, 6.45) is 0.626. The fraction of sp³-hybridized carbons (Fsp3) is 0.286. The molecule has 2 aromatic carbocycles. The molecule has 0 fully saturated rings.